The summed E-state index contributed by atoms with van der Waals surface area (Å²) >= 11 is 1.28. The Morgan fingerprint density at radius 1 is 1.10 bits per heavy atom. The van der Waals surface area contributed by atoms with Crippen LogP contribution in [0.5, 0.6) is 5.75 Å². The van der Waals surface area contributed by atoms with Crippen molar-refractivity contribution in [3.8, 4) is 5.75 Å². The molecule has 0 atom stereocenters. The highest BCUT2D eigenvalue weighted by molar-refractivity contribution is 7.99. The average Bonchev–Trinajstić information content (AvgIpc) is 3.09. The molecule has 2 N–H and O–H groups in total. The summed E-state index contributed by atoms with van der Waals surface area (Å²) in [6, 6.07) is 12.9. The van der Waals surface area contributed by atoms with Gasteiger partial charge in [0.05, 0.1) is 25.0 Å². The minimum Gasteiger partial charge on any atom is -0.496 e. The van der Waals surface area contributed by atoms with Crippen LogP contribution in [0.2, 0.25) is 0 Å². The summed E-state index contributed by atoms with van der Waals surface area (Å²) in [6.45, 7) is 4.19. The minimum absolute atomic E-state index is 0.121. The molecule has 162 valence electrons. The summed E-state index contributed by atoms with van der Waals surface area (Å²) in [5.41, 5.74) is 3.41. The Hall–Kier alpha value is -3.33. The standard InChI is InChI=1S/C22H25N5O3S/c1-14-9-15(2)11-16(10-14)24-20(28)13-31-22-26-25-19(27(22)3)12-23-21(29)17-7-5-6-8-18(17)30-4/h5-11H,12-13H2,1-4H3,(H,23,29)(H,24,28). The van der Waals surface area contributed by atoms with Gasteiger partial charge in [0.2, 0.25) is 5.91 Å². The molecule has 3 aromatic rings. The van der Waals surface area contributed by atoms with Crippen LogP contribution in [-0.4, -0.2) is 39.4 Å². The van der Waals surface area contributed by atoms with Crippen LogP contribution in [0.25, 0.3) is 0 Å². The van der Waals surface area contributed by atoms with Gasteiger partial charge in [-0.15, -0.1) is 10.2 Å². The van der Waals surface area contributed by atoms with E-state index in [9.17, 15) is 9.59 Å². The number of aromatic nitrogens is 3. The first-order valence-corrected chi connectivity index (χ1v) is 10.7. The topological polar surface area (TPSA) is 98.1 Å². The third kappa shape index (κ3) is 5.85. The van der Waals surface area contributed by atoms with E-state index in [1.54, 1.807) is 35.9 Å². The molecule has 0 saturated heterocycles. The molecule has 1 aromatic heterocycles. The number of hydrogen-bond acceptors (Lipinski definition) is 6. The number of hydrogen-bond donors (Lipinski definition) is 2. The molecule has 0 aliphatic heterocycles. The van der Waals surface area contributed by atoms with Crippen LogP contribution < -0.4 is 15.4 Å². The van der Waals surface area contributed by atoms with Crippen molar-refractivity contribution in [3.05, 3.63) is 65.0 Å². The third-order valence-electron chi connectivity index (χ3n) is 4.52. The lowest BCUT2D eigenvalue weighted by Gasteiger charge is -2.09. The Morgan fingerprint density at radius 2 is 1.81 bits per heavy atom. The van der Waals surface area contributed by atoms with Crippen molar-refractivity contribution in [2.24, 2.45) is 7.05 Å². The van der Waals surface area contributed by atoms with Gasteiger partial charge in [0.15, 0.2) is 11.0 Å². The number of aryl methyl sites for hydroxylation is 2. The number of amides is 2. The van der Waals surface area contributed by atoms with Gasteiger partial charge in [0.1, 0.15) is 5.75 Å². The highest BCUT2D eigenvalue weighted by atomic mass is 32.2. The second-order valence-electron chi connectivity index (χ2n) is 7.05. The molecule has 0 fully saturated rings. The van der Waals surface area contributed by atoms with Crippen molar-refractivity contribution in [1.82, 2.24) is 20.1 Å². The summed E-state index contributed by atoms with van der Waals surface area (Å²) < 4.78 is 6.98. The predicted molar refractivity (Wildman–Crippen MR) is 120 cm³/mol. The van der Waals surface area contributed by atoms with Gasteiger partial charge in [-0.3, -0.25) is 9.59 Å². The van der Waals surface area contributed by atoms with E-state index in [1.807, 2.05) is 26.0 Å². The number of benzene rings is 2. The van der Waals surface area contributed by atoms with Crippen molar-refractivity contribution in [3.63, 3.8) is 0 Å². The monoisotopic (exact) mass is 439 g/mol. The van der Waals surface area contributed by atoms with E-state index in [0.717, 1.165) is 16.8 Å². The van der Waals surface area contributed by atoms with Gasteiger partial charge in [-0.25, -0.2) is 0 Å². The normalized spacial score (nSPS) is 10.6. The summed E-state index contributed by atoms with van der Waals surface area (Å²) in [5.74, 6) is 0.906. The lowest BCUT2D eigenvalue weighted by atomic mass is 10.1. The molecule has 0 spiro atoms. The van der Waals surface area contributed by atoms with E-state index >= 15 is 0 Å². The zero-order valence-electron chi connectivity index (χ0n) is 17.9. The second kappa shape index (κ2) is 10.1. The van der Waals surface area contributed by atoms with Crippen molar-refractivity contribution in [2.45, 2.75) is 25.5 Å². The number of methoxy groups -OCH3 is 1. The van der Waals surface area contributed by atoms with Gasteiger partial charge >= 0.3 is 0 Å². The maximum absolute atomic E-state index is 12.4. The van der Waals surface area contributed by atoms with Gasteiger partial charge in [-0.1, -0.05) is 30.0 Å². The molecule has 0 aliphatic rings. The van der Waals surface area contributed by atoms with Crippen LogP contribution in [0.15, 0.2) is 47.6 Å². The molecule has 31 heavy (non-hydrogen) atoms. The van der Waals surface area contributed by atoms with E-state index in [0.29, 0.717) is 22.3 Å². The number of ether oxygens (including phenoxy) is 1. The number of thioether (sulfide) groups is 1. The molecule has 1 heterocycles. The van der Waals surface area contributed by atoms with Crippen LogP contribution in [0, 0.1) is 13.8 Å². The van der Waals surface area contributed by atoms with E-state index in [2.05, 4.69) is 26.9 Å². The molecule has 2 aromatic carbocycles. The lowest BCUT2D eigenvalue weighted by Crippen LogP contribution is -2.25. The number of anilines is 1. The fourth-order valence-electron chi connectivity index (χ4n) is 3.09. The van der Waals surface area contributed by atoms with Crippen molar-refractivity contribution in [2.75, 3.05) is 18.2 Å². The Morgan fingerprint density at radius 3 is 2.52 bits per heavy atom. The Labute approximate surface area is 185 Å². The van der Waals surface area contributed by atoms with Crippen LogP contribution >= 0.6 is 11.8 Å². The first kappa shape index (κ1) is 22.4. The summed E-state index contributed by atoms with van der Waals surface area (Å²) in [4.78, 5) is 24.7. The number of rotatable bonds is 8. The van der Waals surface area contributed by atoms with Crippen molar-refractivity contribution >= 4 is 29.3 Å². The highest BCUT2D eigenvalue weighted by Crippen LogP contribution is 2.19. The molecular weight excluding hydrogens is 414 g/mol. The Kier molecular flexibility index (Phi) is 7.30. The molecule has 3 rings (SSSR count). The maximum Gasteiger partial charge on any atom is 0.255 e. The Bertz CT molecular complexity index is 1080. The predicted octanol–water partition coefficient (Wildman–Crippen LogP) is 3.10. The largest absolute Gasteiger partial charge is 0.496 e. The Balaban J connectivity index is 1.55. The highest BCUT2D eigenvalue weighted by Gasteiger charge is 2.15. The zero-order valence-corrected chi connectivity index (χ0v) is 18.7. The summed E-state index contributed by atoms with van der Waals surface area (Å²) in [6.07, 6.45) is 0. The first-order chi connectivity index (χ1) is 14.9. The number of nitrogens with zero attached hydrogens (tertiary/aromatic N) is 3. The smallest absolute Gasteiger partial charge is 0.255 e. The summed E-state index contributed by atoms with van der Waals surface area (Å²) in [5, 5.41) is 14.6. The fourth-order valence-corrected chi connectivity index (χ4v) is 3.82. The fraction of sp³-hybridized carbons (Fsp3) is 0.273. The second-order valence-corrected chi connectivity index (χ2v) is 8.00. The van der Waals surface area contributed by atoms with E-state index in [-0.39, 0.29) is 24.1 Å². The molecule has 0 aliphatic carbocycles. The quantitative estimate of drug-likeness (QED) is 0.524. The number of carbonyl (C=O) groups excluding carboxylic acids is 2. The minimum atomic E-state index is -0.262. The van der Waals surface area contributed by atoms with E-state index in [4.69, 9.17) is 4.74 Å². The number of nitrogens with one attached hydrogen (secondary N) is 2. The average molecular weight is 440 g/mol. The van der Waals surface area contributed by atoms with Crippen LogP contribution in [-0.2, 0) is 18.4 Å². The number of para-hydroxylation sites is 1. The number of carbonyl (C=O) groups is 2. The van der Waals surface area contributed by atoms with Gasteiger partial charge in [-0.05, 0) is 49.2 Å². The third-order valence-corrected chi connectivity index (χ3v) is 5.54. The molecule has 0 bridgehead atoms. The molecule has 0 saturated carbocycles. The van der Waals surface area contributed by atoms with Crippen LogP contribution in [0.4, 0.5) is 5.69 Å². The molecule has 9 heteroatoms. The first-order valence-electron chi connectivity index (χ1n) is 9.68. The summed E-state index contributed by atoms with van der Waals surface area (Å²) in [7, 11) is 3.32. The lowest BCUT2D eigenvalue weighted by molar-refractivity contribution is -0.113. The van der Waals surface area contributed by atoms with Gasteiger partial charge in [0.25, 0.3) is 5.91 Å². The van der Waals surface area contributed by atoms with Gasteiger partial charge < -0.3 is 19.9 Å². The maximum atomic E-state index is 12.4. The van der Waals surface area contributed by atoms with Crippen LogP contribution in [0.3, 0.4) is 0 Å². The van der Waals surface area contributed by atoms with E-state index < -0.39 is 0 Å². The molecule has 8 nitrogen and oxygen atoms in total. The van der Waals surface area contributed by atoms with Crippen LogP contribution in [0.1, 0.15) is 27.3 Å². The zero-order chi connectivity index (χ0) is 22.4. The molecule has 2 amide bonds. The van der Waals surface area contributed by atoms with E-state index in [1.165, 1.54) is 18.9 Å². The SMILES string of the molecule is COc1ccccc1C(=O)NCc1nnc(SCC(=O)Nc2cc(C)cc(C)c2)n1C. The van der Waals surface area contributed by atoms with Crippen molar-refractivity contribution in [1.29, 1.82) is 0 Å². The molecular formula is C22H25N5O3S. The molecule has 0 unspecified atom stereocenters. The van der Waals surface area contributed by atoms with Gasteiger partial charge in [0, 0.05) is 12.7 Å². The molecule has 0 radical (unpaired) electrons. The van der Waals surface area contributed by atoms with Crippen molar-refractivity contribution < 1.29 is 14.3 Å². The van der Waals surface area contributed by atoms with Gasteiger partial charge in [-0.2, -0.15) is 0 Å².